The van der Waals surface area contributed by atoms with Gasteiger partial charge in [0.1, 0.15) is 5.82 Å². The molecule has 87 valence electrons. The zero-order valence-corrected chi connectivity index (χ0v) is 9.36. The minimum absolute atomic E-state index is 0.278. The van der Waals surface area contributed by atoms with Gasteiger partial charge in [-0.25, -0.2) is 4.39 Å². The van der Waals surface area contributed by atoms with Crippen molar-refractivity contribution < 1.29 is 4.39 Å². The van der Waals surface area contributed by atoms with Gasteiger partial charge in [0, 0.05) is 12.1 Å². The van der Waals surface area contributed by atoms with Crippen molar-refractivity contribution in [2.75, 3.05) is 0 Å². The molecule has 1 radical (unpaired) electrons. The van der Waals surface area contributed by atoms with Gasteiger partial charge >= 0.3 is 0 Å². The molecule has 0 aliphatic heterocycles. The molecule has 0 aromatic heterocycles. The molecule has 0 saturated heterocycles. The molecular formula is C14H14FN2. The predicted octanol–water partition coefficient (Wildman–Crippen LogP) is 2.13. The third-order valence-corrected chi connectivity index (χ3v) is 2.78. The fourth-order valence-corrected chi connectivity index (χ4v) is 1.88. The van der Waals surface area contributed by atoms with Crippen molar-refractivity contribution in [1.29, 1.82) is 0 Å². The Hall–Kier alpha value is -1.71. The molecule has 4 N–H and O–H groups in total. The van der Waals surface area contributed by atoms with Crippen molar-refractivity contribution in [2.24, 2.45) is 11.5 Å². The lowest BCUT2D eigenvalue weighted by Crippen LogP contribution is -2.17. The number of hydrogen-bond donors (Lipinski definition) is 2. The zero-order chi connectivity index (χ0) is 12.3. The van der Waals surface area contributed by atoms with E-state index in [-0.39, 0.29) is 12.4 Å². The van der Waals surface area contributed by atoms with E-state index in [9.17, 15) is 4.39 Å². The second-order valence-electron chi connectivity index (χ2n) is 3.83. The Morgan fingerprint density at radius 2 is 1.88 bits per heavy atom. The lowest BCUT2D eigenvalue weighted by atomic mass is 9.94. The van der Waals surface area contributed by atoms with Crippen LogP contribution in [0.15, 0.2) is 42.5 Å². The molecule has 2 aromatic carbocycles. The van der Waals surface area contributed by atoms with E-state index in [0.29, 0.717) is 5.56 Å². The summed E-state index contributed by atoms with van der Waals surface area (Å²) >= 11 is 0. The van der Waals surface area contributed by atoms with Crippen LogP contribution in [-0.4, -0.2) is 0 Å². The molecule has 2 aromatic rings. The lowest BCUT2D eigenvalue weighted by molar-refractivity contribution is 0.595. The minimum Gasteiger partial charge on any atom is -0.326 e. The number of nitrogens with two attached hydrogens (primary N) is 2. The quantitative estimate of drug-likeness (QED) is 0.847. The fraction of sp³-hybridized carbons (Fsp3) is 0.143. The lowest BCUT2D eigenvalue weighted by Gasteiger charge is -2.17. The predicted molar refractivity (Wildman–Crippen MR) is 65.6 cm³/mol. The van der Waals surface area contributed by atoms with E-state index < -0.39 is 6.04 Å². The standard InChI is InChI=1S/C14H14FN2/c15-12-8-4-7-11(9-16)13(12)14(17)10-5-2-1-3-6-10/h2-8,14H,9,16-17H2. The maximum atomic E-state index is 13.8. The first-order valence-electron chi connectivity index (χ1n) is 5.43. The summed E-state index contributed by atoms with van der Waals surface area (Å²) in [5.41, 5.74) is 13.8. The summed E-state index contributed by atoms with van der Waals surface area (Å²) in [4.78, 5) is 0. The van der Waals surface area contributed by atoms with Gasteiger partial charge in [-0.05, 0) is 23.3 Å². The molecule has 1 unspecified atom stereocenters. The van der Waals surface area contributed by atoms with E-state index >= 15 is 0 Å². The molecule has 0 aliphatic rings. The second-order valence-corrected chi connectivity index (χ2v) is 3.83. The van der Waals surface area contributed by atoms with E-state index in [1.807, 2.05) is 12.1 Å². The summed E-state index contributed by atoms with van der Waals surface area (Å²) in [6, 6.07) is 14.4. The molecule has 0 spiro atoms. The summed E-state index contributed by atoms with van der Waals surface area (Å²) in [5, 5.41) is 0. The third-order valence-electron chi connectivity index (χ3n) is 2.78. The third kappa shape index (κ3) is 2.35. The molecule has 2 nitrogen and oxygen atoms in total. The molecule has 1 atom stereocenters. The Bertz CT molecular complexity index is 497. The molecule has 17 heavy (non-hydrogen) atoms. The number of halogens is 1. The van der Waals surface area contributed by atoms with Crippen molar-refractivity contribution in [2.45, 2.75) is 12.6 Å². The fourth-order valence-electron chi connectivity index (χ4n) is 1.88. The number of rotatable bonds is 3. The monoisotopic (exact) mass is 229 g/mol. The molecule has 0 aliphatic carbocycles. The molecule has 0 saturated carbocycles. The molecular weight excluding hydrogens is 215 g/mol. The van der Waals surface area contributed by atoms with Gasteiger partial charge in [0.25, 0.3) is 0 Å². The highest BCUT2D eigenvalue weighted by atomic mass is 19.1. The van der Waals surface area contributed by atoms with Crippen LogP contribution in [0, 0.1) is 11.9 Å². The van der Waals surface area contributed by atoms with E-state index in [4.69, 9.17) is 11.5 Å². The Morgan fingerprint density at radius 1 is 1.18 bits per heavy atom. The average molecular weight is 229 g/mol. The van der Waals surface area contributed by atoms with Crippen LogP contribution in [0.25, 0.3) is 0 Å². The molecule has 0 bridgehead atoms. The number of hydrogen-bond acceptors (Lipinski definition) is 2. The van der Waals surface area contributed by atoms with Crippen molar-refractivity contribution in [3.63, 3.8) is 0 Å². The van der Waals surface area contributed by atoms with Crippen LogP contribution in [-0.2, 0) is 6.54 Å². The van der Waals surface area contributed by atoms with E-state index in [1.165, 1.54) is 6.07 Å². The highest BCUT2D eigenvalue weighted by Crippen LogP contribution is 2.25. The summed E-state index contributed by atoms with van der Waals surface area (Å²) in [5.74, 6) is -0.312. The van der Waals surface area contributed by atoms with Crippen LogP contribution >= 0.6 is 0 Å². The van der Waals surface area contributed by atoms with E-state index in [2.05, 4.69) is 6.07 Å². The molecule has 0 heterocycles. The van der Waals surface area contributed by atoms with Gasteiger partial charge in [0.15, 0.2) is 0 Å². The number of benzene rings is 2. The summed E-state index contributed by atoms with van der Waals surface area (Å²) in [6.45, 7) is 0.278. The van der Waals surface area contributed by atoms with Crippen LogP contribution in [0.4, 0.5) is 4.39 Å². The highest BCUT2D eigenvalue weighted by molar-refractivity contribution is 5.37. The summed E-state index contributed by atoms with van der Waals surface area (Å²) in [6.07, 6.45) is 0. The van der Waals surface area contributed by atoms with Gasteiger partial charge in [-0.1, -0.05) is 36.4 Å². The Morgan fingerprint density at radius 3 is 2.53 bits per heavy atom. The molecule has 0 fully saturated rings. The minimum atomic E-state index is -0.496. The van der Waals surface area contributed by atoms with Crippen LogP contribution in [0.3, 0.4) is 0 Å². The van der Waals surface area contributed by atoms with E-state index in [1.54, 1.807) is 24.3 Å². The molecule has 3 heteroatoms. The maximum absolute atomic E-state index is 13.8. The average Bonchev–Trinajstić information content (AvgIpc) is 2.38. The van der Waals surface area contributed by atoms with Gasteiger partial charge in [0.05, 0.1) is 6.04 Å². The highest BCUT2D eigenvalue weighted by Gasteiger charge is 2.16. The maximum Gasteiger partial charge on any atom is 0.128 e. The zero-order valence-electron chi connectivity index (χ0n) is 9.36. The summed E-state index contributed by atoms with van der Waals surface area (Å²) < 4.78 is 13.8. The first-order chi connectivity index (χ1) is 8.24. The van der Waals surface area contributed by atoms with Crippen LogP contribution in [0.1, 0.15) is 22.7 Å². The van der Waals surface area contributed by atoms with Crippen LogP contribution in [0.2, 0.25) is 0 Å². The van der Waals surface area contributed by atoms with Gasteiger partial charge < -0.3 is 11.5 Å². The van der Waals surface area contributed by atoms with Gasteiger partial charge in [-0.15, -0.1) is 0 Å². The van der Waals surface area contributed by atoms with Crippen molar-refractivity contribution in [3.05, 3.63) is 71.0 Å². The Kier molecular flexibility index (Phi) is 3.52. The van der Waals surface area contributed by atoms with Crippen LogP contribution in [0.5, 0.6) is 0 Å². The smallest absolute Gasteiger partial charge is 0.128 e. The first kappa shape index (κ1) is 11.8. The SMILES string of the molecule is NCc1cccc(F)c1C(N)c1cc[c]cc1. The van der Waals surface area contributed by atoms with Gasteiger partial charge in [-0.2, -0.15) is 0 Å². The van der Waals surface area contributed by atoms with Crippen molar-refractivity contribution in [1.82, 2.24) is 0 Å². The summed E-state index contributed by atoms with van der Waals surface area (Å²) in [7, 11) is 0. The van der Waals surface area contributed by atoms with Crippen LogP contribution < -0.4 is 11.5 Å². The normalized spacial score (nSPS) is 12.4. The largest absolute Gasteiger partial charge is 0.326 e. The second kappa shape index (κ2) is 5.08. The van der Waals surface area contributed by atoms with Gasteiger partial charge in [-0.3, -0.25) is 0 Å². The topological polar surface area (TPSA) is 52.0 Å². The first-order valence-corrected chi connectivity index (χ1v) is 5.43. The Balaban J connectivity index is 2.47. The van der Waals surface area contributed by atoms with Crippen molar-refractivity contribution >= 4 is 0 Å². The van der Waals surface area contributed by atoms with Crippen molar-refractivity contribution in [3.8, 4) is 0 Å². The molecule has 2 rings (SSSR count). The van der Waals surface area contributed by atoms with E-state index in [0.717, 1.165) is 11.1 Å². The molecule has 0 amide bonds. The Labute approximate surface area is 100 Å². The van der Waals surface area contributed by atoms with Gasteiger partial charge in [0.2, 0.25) is 0 Å².